The molecule has 3 heteroatoms. The monoisotopic (exact) mass is 200 g/mol. The van der Waals surface area contributed by atoms with Crippen LogP contribution in [0.15, 0.2) is 18.5 Å². The lowest BCUT2D eigenvalue weighted by Crippen LogP contribution is -1.92. The van der Waals surface area contributed by atoms with Crippen LogP contribution in [0.5, 0.6) is 0 Å². The third-order valence-corrected chi connectivity index (χ3v) is 2.90. The number of aryl methyl sites for hydroxylation is 1. The molecule has 0 unspecified atom stereocenters. The minimum atomic E-state index is 0.566. The summed E-state index contributed by atoms with van der Waals surface area (Å²) in [5, 5.41) is 0.983. The van der Waals surface area contributed by atoms with Crippen LogP contribution in [-0.2, 0) is 0 Å². The molecule has 0 saturated heterocycles. The highest BCUT2D eigenvalue weighted by Crippen LogP contribution is 2.38. The van der Waals surface area contributed by atoms with Crippen molar-refractivity contribution in [1.82, 2.24) is 9.55 Å². The Kier molecular flexibility index (Phi) is 1.69. The molecule has 0 amide bonds. The molecule has 1 aliphatic rings. The Hall–Kier alpha value is -1.64. The fraction of sp³-hybridized carbons (Fsp3) is 0.333. The zero-order valence-electron chi connectivity index (χ0n) is 8.60. The molecule has 1 saturated carbocycles. The predicted octanol–water partition coefficient (Wildman–Crippen LogP) is 2.49. The van der Waals surface area contributed by atoms with Crippen LogP contribution in [-0.4, -0.2) is 15.8 Å². The first-order valence-corrected chi connectivity index (χ1v) is 5.22. The molecular formula is C12H12N2O. The molecule has 3 rings (SSSR count). The lowest BCUT2D eigenvalue weighted by Gasteiger charge is -2.00. The van der Waals surface area contributed by atoms with Crippen molar-refractivity contribution in [2.75, 3.05) is 0 Å². The molecule has 0 atom stereocenters. The summed E-state index contributed by atoms with van der Waals surface area (Å²) in [5.74, 6) is 0. The molecule has 0 N–H and O–H groups in total. The number of hydrogen-bond donors (Lipinski definition) is 0. The summed E-state index contributed by atoms with van der Waals surface area (Å²) in [5.41, 5.74) is 2.80. The molecular weight excluding hydrogens is 188 g/mol. The van der Waals surface area contributed by atoms with Gasteiger partial charge in [-0.1, -0.05) is 0 Å². The summed E-state index contributed by atoms with van der Waals surface area (Å²) in [7, 11) is 0. The summed E-state index contributed by atoms with van der Waals surface area (Å²) in [4.78, 5) is 15.4. The van der Waals surface area contributed by atoms with Gasteiger partial charge in [0.05, 0.1) is 0 Å². The summed E-state index contributed by atoms with van der Waals surface area (Å²) >= 11 is 0. The third-order valence-electron chi connectivity index (χ3n) is 2.90. The molecule has 1 aliphatic carbocycles. The zero-order chi connectivity index (χ0) is 10.4. The number of nitrogens with zero attached hydrogens (tertiary/aromatic N) is 2. The number of fused-ring (bicyclic) bond motifs is 1. The highest BCUT2D eigenvalue weighted by Gasteiger charge is 2.26. The van der Waals surface area contributed by atoms with E-state index in [4.69, 9.17) is 0 Å². The molecule has 0 aromatic carbocycles. The summed E-state index contributed by atoms with van der Waals surface area (Å²) in [6, 6.07) is 2.60. The molecule has 1 fully saturated rings. The van der Waals surface area contributed by atoms with Gasteiger partial charge in [-0.25, -0.2) is 4.98 Å². The van der Waals surface area contributed by atoms with Crippen LogP contribution in [0.1, 0.15) is 34.8 Å². The fourth-order valence-electron chi connectivity index (χ4n) is 1.99. The van der Waals surface area contributed by atoms with E-state index in [1.807, 2.05) is 25.4 Å². The second-order valence-corrected chi connectivity index (χ2v) is 4.22. The molecule has 0 spiro atoms. The normalized spacial score (nSPS) is 15.8. The van der Waals surface area contributed by atoms with E-state index < -0.39 is 0 Å². The van der Waals surface area contributed by atoms with Crippen LogP contribution in [0, 0.1) is 6.92 Å². The Bertz CT molecular complexity index is 538. The minimum absolute atomic E-state index is 0.566. The number of pyridine rings is 1. The number of carbonyl (C=O) groups excluding carboxylic acids is 1. The highest BCUT2D eigenvalue weighted by molar-refractivity contribution is 5.96. The summed E-state index contributed by atoms with van der Waals surface area (Å²) in [6.45, 7) is 2.00. The zero-order valence-corrected chi connectivity index (χ0v) is 8.60. The first kappa shape index (κ1) is 8.65. The Labute approximate surface area is 87.7 Å². The standard InChI is InChI=1S/C12H12N2O/c1-8-4-11-9(7-15)6-14(10-2-3-10)12(11)13-5-8/h4-7,10H,2-3H2,1H3. The average molecular weight is 200 g/mol. The molecule has 2 aromatic rings. The van der Waals surface area contributed by atoms with E-state index in [2.05, 4.69) is 9.55 Å². The SMILES string of the molecule is Cc1cnc2c(c1)c(C=O)cn2C1CC1. The van der Waals surface area contributed by atoms with Gasteiger partial charge in [0.25, 0.3) is 0 Å². The molecule has 3 nitrogen and oxygen atoms in total. The number of aldehydes is 1. The van der Waals surface area contributed by atoms with Crippen LogP contribution in [0.4, 0.5) is 0 Å². The number of hydrogen-bond acceptors (Lipinski definition) is 2. The second-order valence-electron chi connectivity index (χ2n) is 4.22. The predicted molar refractivity (Wildman–Crippen MR) is 58.1 cm³/mol. The Morgan fingerprint density at radius 1 is 1.53 bits per heavy atom. The van der Waals surface area contributed by atoms with E-state index in [1.165, 1.54) is 12.8 Å². The molecule has 0 bridgehead atoms. The maximum atomic E-state index is 10.9. The maximum Gasteiger partial charge on any atom is 0.152 e. The Morgan fingerprint density at radius 2 is 2.33 bits per heavy atom. The quantitative estimate of drug-likeness (QED) is 0.698. The van der Waals surface area contributed by atoms with Gasteiger partial charge in [-0.3, -0.25) is 4.79 Å². The first-order chi connectivity index (χ1) is 7.29. The molecule has 2 aromatic heterocycles. The number of carbonyl (C=O) groups is 1. The minimum Gasteiger partial charge on any atom is -0.329 e. The van der Waals surface area contributed by atoms with Crippen molar-refractivity contribution in [3.05, 3.63) is 29.6 Å². The Morgan fingerprint density at radius 3 is 3.00 bits per heavy atom. The third kappa shape index (κ3) is 1.27. The maximum absolute atomic E-state index is 10.9. The Balaban J connectivity index is 2.33. The number of aromatic nitrogens is 2. The topological polar surface area (TPSA) is 34.9 Å². The van der Waals surface area contributed by atoms with Crippen molar-refractivity contribution in [3.8, 4) is 0 Å². The lowest BCUT2D eigenvalue weighted by atomic mass is 10.2. The van der Waals surface area contributed by atoms with Gasteiger partial charge in [0, 0.05) is 29.4 Å². The molecule has 0 aliphatic heterocycles. The van der Waals surface area contributed by atoms with Crippen LogP contribution >= 0.6 is 0 Å². The van der Waals surface area contributed by atoms with Gasteiger partial charge in [-0.2, -0.15) is 0 Å². The van der Waals surface area contributed by atoms with Gasteiger partial charge < -0.3 is 4.57 Å². The van der Waals surface area contributed by atoms with Crippen molar-refractivity contribution in [1.29, 1.82) is 0 Å². The molecule has 76 valence electrons. The van der Waals surface area contributed by atoms with Crippen LogP contribution in [0.2, 0.25) is 0 Å². The van der Waals surface area contributed by atoms with Crippen molar-refractivity contribution in [3.63, 3.8) is 0 Å². The van der Waals surface area contributed by atoms with Gasteiger partial charge in [0.1, 0.15) is 5.65 Å². The van der Waals surface area contributed by atoms with Gasteiger partial charge in [-0.05, 0) is 31.4 Å². The molecule has 0 radical (unpaired) electrons. The van der Waals surface area contributed by atoms with Crippen LogP contribution in [0.25, 0.3) is 11.0 Å². The van der Waals surface area contributed by atoms with Crippen LogP contribution in [0.3, 0.4) is 0 Å². The fourth-order valence-corrected chi connectivity index (χ4v) is 1.99. The second kappa shape index (κ2) is 2.92. The van der Waals surface area contributed by atoms with Gasteiger partial charge in [-0.15, -0.1) is 0 Å². The van der Waals surface area contributed by atoms with Crippen molar-refractivity contribution in [2.45, 2.75) is 25.8 Å². The van der Waals surface area contributed by atoms with Gasteiger partial charge in [0.2, 0.25) is 0 Å². The van der Waals surface area contributed by atoms with E-state index >= 15 is 0 Å². The summed E-state index contributed by atoms with van der Waals surface area (Å²) < 4.78 is 2.14. The smallest absolute Gasteiger partial charge is 0.152 e. The molecule has 15 heavy (non-hydrogen) atoms. The van der Waals surface area contributed by atoms with Gasteiger partial charge >= 0.3 is 0 Å². The van der Waals surface area contributed by atoms with E-state index in [9.17, 15) is 4.79 Å². The van der Waals surface area contributed by atoms with Gasteiger partial charge in [0.15, 0.2) is 6.29 Å². The van der Waals surface area contributed by atoms with E-state index in [0.717, 1.165) is 28.4 Å². The van der Waals surface area contributed by atoms with Crippen molar-refractivity contribution in [2.24, 2.45) is 0 Å². The highest BCUT2D eigenvalue weighted by atomic mass is 16.1. The van der Waals surface area contributed by atoms with Crippen molar-refractivity contribution < 1.29 is 4.79 Å². The molecule has 2 heterocycles. The van der Waals surface area contributed by atoms with E-state index in [-0.39, 0.29) is 0 Å². The van der Waals surface area contributed by atoms with Crippen molar-refractivity contribution >= 4 is 17.3 Å². The number of rotatable bonds is 2. The van der Waals surface area contributed by atoms with E-state index in [0.29, 0.717) is 6.04 Å². The average Bonchev–Trinajstić information content (AvgIpc) is 3.01. The first-order valence-electron chi connectivity index (χ1n) is 5.22. The van der Waals surface area contributed by atoms with E-state index in [1.54, 1.807) is 0 Å². The lowest BCUT2D eigenvalue weighted by molar-refractivity contribution is 0.112. The largest absolute Gasteiger partial charge is 0.329 e. The summed E-state index contributed by atoms with van der Waals surface area (Å²) in [6.07, 6.45) is 7.12. The van der Waals surface area contributed by atoms with Crippen LogP contribution < -0.4 is 0 Å².